The van der Waals surface area contributed by atoms with Crippen LogP contribution in [0.2, 0.25) is 0 Å². The van der Waals surface area contributed by atoms with Crippen LogP contribution in [-0.2, 0) is 4.79 Å². The number of carboxylic acid groups (broad SMARTS) is 1. The number of carboxylic acids is 1. The second-order valence-electron chi connectivity index (χ2n) is 5.19. The molecule has 2 amide bonds. The van der Waals surface area contributed by atoms with Crippen molar-refractivity contribution in [2.45, 2.75) is 45.6 Å². The van der Waals surface area contributed by atoms with Crippen LogP contribution in [0.1, 0.15) is 39.5 Å². The SMILES string of the molecule is CC(C)NNC(=O)NCC1CCC(C(=O)O)CC1. The van der Waals surface area contributed by atoms with Crippen LogP contribution in [0, 0.1) is 11.8 Å². The molecular formula is C12H23N3O3. The average Bonchev–Trinajstić information content (AvgIpc) is 2.34. The van der Waals surface area contributed by atoms with Gasteiger partial charge < -0.3 is 10.4 Å². The molecule has 1 rings (SSSR count). The first kappa shape index (κ1) is 14.8. The summed E-state index contributed by atoms with van der Waals surface area (Å²) >= 11 is 0. The molecule has 1 aliphatic carbocycles. The van der Waals surface area contributed by atoms with E-state index >= 15 is 0 Å². The van der Waals surface area contributed by atoms with Gasteiger partial charge in [0.1, 0.15) is 0 Å². The van der Waals surface area contributed by atoms with Crippen molar-refractivity contribution in [1.29, 1.82) is 0 Å². The van der Waals surface area contributed by atoms with Gasteiger partial charge >= 0.3 is 12.0 Å². The van der Waals surface area contributed by atoms with Gasteiger partial charge in [-0.1, -0.05) is 0 Å². The lowest BCUT2D eigenvalue weighted by Crippen LogP contribution is -2.48. The number of aliphatic carboxylic acids is 1. The summed E-state index contributed by atoms with van der Waals surface area (Å²) in [5.41, 5.74) is 5.37. The summed E-state index contributed by atoms with van der Waals surface area (Å²) in [7, 11) is 0. The fourth-order valence-electron chi connectivity index (χ4n) is 2.10. The number of amides is 2. The fourth-order valence-corrected chi connectivity index (χ4v) is 2.10. The van der Waals surface area contributed by atoms with E-state index in [2.05, 4.69) is 16.2 Å². The predicted molar refractivity (Wildman–Crippen MR) is 67.9 cm³/mol. The molecule has 0 aromatic rings. The number of rotatable bonds is 5. The van der Waals surface area contributed by atoms with Gasteiger partial charge in [-0.2, -0.15) is 0 Å². The van der Waals surface area contributed by atoms with Crippen LogP contribution < -0.4 is 16.2 Å². The molecule has 6 nitrogen and oxygen atoms in total. The van der Waals surface area contributed by atoms with E-state index in [4.69, 9.17) is 5.11 Å². The van der Waals surface area contributed by atoms with E-state index in [0.717, 1.165) is 12.8 Å². The number of carbonyl (C=O) groups is 2. The van der Waals surface area contributed by atoms with E-state index in [0.29, 0.717) is 25.3 Å². The van der Waals surface area contributed by atoms with E-state index in [1.54, 1.807) is 0 Å². The molecule has 0 atom stereocenters. The maximum Gasteiger partial charge on any atom is 0.329 e. The van der Waals surface area contributed by atoms with Crippen molar-refractivity contribution in [3.05, 3.63) is 0 Å². The highest BCUT2D eigenvalue weighted by Crippen LogP contribution is 2.28. The first-order valence-corrected chi connectivity index (χ1v) is 6.51. The third-order valence-corrected chi connectivity index (χ3v) is 3.22. The van der Waals surface area contributed by atoms with Crippen LogP contribution in [0.5, 0.6) is 0 Å². The Morgan fingerprint density at radius 2 is 1.83 bits per heavy atom. The Morgan fingerprint density at radius 3 is 2.33 bits per heavy atom. The molecule has 0 heterocycles. The summed E-state index contributed by atoms with van der Waals surface area (Å²) in [6, 6.07) is -0.0363. The molecule has 0 saturated heterocycles. The van der Waals surface area contributed by atoms with Crippen molar-refractivity contribution in [2.24, 2.45) is 11.8 Å². The molecular weight excluding hydrogens is 234 g/mol. The number of hydrogen-bond acceptors (Lipinski definition) is 3. The van der Waals surface area contributed by atoms with E-state index in [1.807, 2.05) is 13.8 Å². The lowest BCUT2D eigenvalue weighted by Gasteiger charge is -2.26. The second-order valence-corrected chi connectivity index (χ2v) is 5.19. The summed E-state index contributed by atoms with van der Waals surface area (Å²) in [6.07, 6.45) is 3.17. The molecule has 104 valence electrons. The van der Waals surface area contributed by atoms with E-state index in [9.17, 15) is 9.59 Å². The number of hydrazine groups is 1. The van der Waals surface area contributed by atoms with Crippen molar-refractivity contribution < 1.29 is 14.7 Å². The Bertz CT molecular complexity index is 286. The van der Waals surface area contributed by atoms with Crippen molar-refractivity contribution in [3.8, 4) is 0 Å². The summed E-state index contributed by atoms with van der Waals surface area (Å²) < 4.78 is 0. The Kier molecular flexibility index (Phi) is 5.91. The van der Waals surface area contributed by atoms with Crippen LogP contribution in [0.25, 0.3) is 0 Å². The van der Waals surface area contributed by atoms with E-state index < -0.39 is 5.97 Å². The molecule has 1 fully saturated rings. The largest absolute Gasteiger partial charge is 0.481 e. The van der Waals surface area contributed by atoms with Crippen LogP contribution in [0.3, 0.4) is 0 Å². The fraction of sp³-hybridized carbons (Fsp3) is 0.833. The smallest absolute Gasteiger partial charge is 0.329 e. The maximum atomic E-state index is 11.4. The highest BCUT2D eigenvalue weighted by atomic mass is 16.4. The molecule has 1 aliphatic rings. The number of urea groups is 1. The lowest BCUT2D eigenvalue weighted by atomic mass is 9.82. The molecule has 0 spiro atoms. The van der Waals surface area contributed by atoms with Gasteiger partial charge in [0.15, 0.2) is 0 Å². The Morgan fingerprint density at radius 1 is 1.22 bits per heavy atom. The Labute approximate surface area is 107 Å². The van der Waals surface area contributed by atoms with Gasteiger partial charge in [0.2, 0.25) is 0 Å². The molecule has 0 aromatic carbocycles. The molecule has 0 aliphatic heterocycles. The van der Waals surface area contributed by atoms with Crippen LogP contribution in [0.4, 0.5) is 4.79 Å². The highest BCUT2D eigenvalue weighted by Gasteiger charge is 2.25. The van der Waals surface area contributed by atoms with Crippen LogP contribution in [0.15, 0.2) is 0 Å². The second kappa shape index (κ2) is 7.20. The quantitative estimate of drug-likeness (QED) is 0.555. The molecule has 6 heteroatoms. The monoisotopic (exact) mass is 257 g/mol. The zero-order valence-electron chi connectivity index (χ0n) is 11.0. The highest BCUT2D eigenvalue weighted by molar-refractivity contribution is 5.73. The van der Waals surface area contributed by atoms with Crippen molar-refractivity contribution in [1.82, 2.24) is 16.2 Å². The molecule has 0 radical (unpaired) electrons. The average molecular weight is 257 g/mol. The van der Waals surface area contributed by atoms with Crippen molar-refractivity contribution >= 4 is 12.0 Å². The van der Waals surface area contributed by atoms with Crippen molar-refractivity contribution in [2.75, 3.05) is 6.54 Å². The first-order chi connectivity index (χ1) is 8.49. The number of hydrogen-bond donors (Lipinski definition) is 4. The van der Waals surface area contributed by atoms with Crippen molar-refractivity contribution in [3.63, 3.8) is 0 Å². The van der Waals surface area contributed by atoms with Crippen LogP contribution in [-0.4, -0.2) is 29.7 Å². The molecule has 4 N–H and O–H groups in total. The minimum atomic E-state index is -0.694. The lowest BCUT2D eigenvalue weighted by molar-refractivity contribution is -0.143. The van der Waals surface area contributed by atoms with E-state index in [-0.39, 0.29) is 18.0 Å². The van der Waals surface area contributed by atoms with Gasteiger partial charge in [0.05, 0.1) is 5.92 Å². The molecule has 0 aromatic heterocycles. The third-order valence-electron chi connectivity index (χ3n) is 3.22. The molecule has 0 bridgehead atoms. The van der Waals surface area contributed by atoms with Crippen LogP contribution >= 0.6 is 0 Å². The summed E-state index contributed by atoms with van der Waals surface area (Å²) in [4.78, 5) is 22.2. The van der Waals surface area contributed by atoms with Gasteiger partial charge in [-0.3, -0.25) is 10.2 Å². The van der Waals surface area contributed by atoms with Gasteiger partial charge in [-0.25, -0.2) is 10.2 Å². The van der Waals surface area contributed by atoms with Gasteiger partial charge in [0, 0.05) is 12.6 Å². The third kappa shape index (κ3) is 5.35. The minimum Gasteiger partial charge on any atom is -0.481 e. The van der Waals surface area contributed by atoms with Gasteiger partial charge in [-0.05, 0) is 45.4 Å². The molecule has 0 unspecified atom stereocenters. The minimum absolute atomic E-state index is 0.196. The summed E-state index contributed by atoms with van der Waals surface area (Å²) in [5, 5.41) is 11.7. The Hall–Kier alpha value is -1.30. The number of carbonyl (C=O) groups excluding carboxylic acids is 1. The molecule has 18 heavy (non-hydrogen) atoms. The molecule has 1 saturated carbocycles. The van der Waals surface area contributed by atoms with Gasteiger partial charge in [0.25, 0.3) is 0 Å². The summed E-state index contributed by atoms with van der Waals surface area (Å²) in [6.45, 7) is 4.48. The van der Waals surface area contributed by atoms with Gasteiger partial charge in [-0.15, -0.1) is 0 Å². The maximum absolute atomic E-state index is 11.4. The van der Waals surface area contributed by atoms with E-state index in [1.165, 1.54) is 0 Å². The predicted octanol–water partition coefficient (Wildman–Crippen LogP) is 1.09. The Balaban J connectivity index is 2.14. The zero-order valence-corrected chi connectivity index (χ0v) is 11.0. The normalized spacial score (nSPS) is 23.7. The first-order valence-electron chi connectivity index (χ1n) is 6.51. The topological polar surface area (TPSA) is 90.5 Å². The zero-order chi connectivity index (χ0) is 13.5. The standard InChI is InChI=1S/C12H23N3O3/c1-8(2)14-15-12(18)13-7-9-3-5-10(6-4-9)11(16)17/h8-10,14H,3-7H2,1-2H3,(H,16,17)(H2,13,15,18). The summed E-state index contributed by atoms with van der Waals surface area (Å²) in [5.74, 6) is -0.497. The number of nitrogens with one attached hydrogen (secondary N) is 3.